The van der Waals surface area contributed by atoms with Crippen LogP contribution in [0, 0.1) is 5.82 Å². The van der Waals surface area contributed by atoms with Crippen molar-refractivity contribution >= 4 is 11.3 Å². The van der Waals surface area contributed by atoms with Crippen molar-refractivity contribution in [3.8, 4) is 0 Å². The van der Waals surface area contributed by atoms with E-state index in [2.05, 4.69) is 10.6 Å². The number of halogens is 1. The molecule has 2 heterocycles. The molecule has 3 rings (SSSR count). The molecule has 1 aromatic rings. The van der Waals surface area contributed by atoms with Gasteiger partial charge in [-0.05, 0) is 18.6 Å². The molecular weight excluding hydrogens is 179 g/mol. The van der Waals surface area contributed by atoms with Crippen LogP contribution >= 0.6 is 0 Å². The predicted octanol–water partition coefficient (Wildman–Crippen LogP) is 1.95. The van der Waals surface area contributed by atoms with Gasteiger partial charge in [-0.15, -0.1) is 0 Å². The summed E-state index contributed by atoms with van der Waals surface area (Å²) in [5, 5.41) is 6.48. The summed E-state index contributed by atoms with van der Waals surface area (Å²) < 4.78 is 13.6. The maximum atomic E-state index is 13.6. The van der Waals surface area contributed by atoms with Crippen molar-refractivity contribution in [1.29, 1.82) is 0 Å². The smallest absolute Gasteiger partial charge is 0.132 e. The Morgan fingerprint density at radius 2 is 2.29 bits per heavy atom. The Bertz CT molecular complexity index is 412. The summed E-state index contributed by atoms with van der Waals surface area (Å²) in [6.45, 7) is 0.955. The number of rotatable bonds is 0. The molecule has 1 atom stereocenters. The van der Waals surface area contributed by atoms with Gasteiger partial charge in [-0.25, -0.2) is 4.39 Å². The van der Waals surface area contributed by atoms with Gasteiger partial charge >= 0.3 is 0 Å². The number of hydrogen-bond donors (Lipinski definition) is 2. The molecule has 0 radical (unpaired) electrons. The summed E-state index contributed by atoms with van der Waals surface area (Å²) in [6, 6.07) is 5.48. The van der Waals surface area contributed by atoms with E-state index in [-0.39, 0.29) is 5.82 Å². The Labute approximate surface area is 81.8 Å². The van der Waals surface area contributed by atoms with E-state index >= 15 is 0 Å². The summed E-state index contributed by atoms with van der Waals surface area (Å²) in [6.07, 6.45) is 2.94. The van der Waals surface area contributed by atoms with Crippen molar-refractivity contribution < 1.29 is 4.39 Å². The second-order valence-corrected chi connectivity index (χ2v) is 3.70. The maximum absolute atomic E-state index is 13.6. The van der Waals surface area contributed by atoms with Crippen LogP contribution in [0.5, 0.6) is 0 Å². The highest BCUT2D eigenvalue weighted by molar-refractivity contribution is 5.87. The summed E-state index contributed by atoms with van der Waals surface area (Å²) in [5.74, 6) is -0.132. The van der Waals surface area contributed by atoms with Gasteiger partial charge < -0.3 is 10.6 Å². The highest BCUT2D eigenvalue weighted by Gasteiger charge is 2.29. The third-order valence-corrected chi connectivity index (χ3v) is 2.84. The van der Waals surface area contributed by atoms with Gasteiger partial charge in [0.25, 0.3) is 0 Å². The highest BCUT2D eigenvalue weighted by atomic mass is 19.1. The molecule has 1 unspecified atom stereocenters. The molecule has 0 saturated heterocycles. The molecule has 3 heteroatoms. The average Bonchev–Trinajstić information content (AvgIpc) is 2.57. The lowest BCUT2D eigenvalue weighted by molar-refractivity contribution is 0.623. The first kappa shape index (κ1) is 7.85. The average molecular weight is 190 g/mol. The molecule has 72 valence electrons. The number of benzene rings is 1. The SMILES string of the molecule is Fc1cccc2c1C1=CNCCC1N2. The van der Waals surface area contributed by atoms with E-state index in [0.717, 1.165) is 29.8 Å². The Morgan fingerprint density at radius 1 is 1.36 bits per heavy atom. The van der Waals surface area contributed by atoms with Crippen molar-refractivity contribution in [3.05, 3.63) is 35.8 Å². The standard InChI is InChI=1S/C11H11FN2/c12-8-2-1-3-10-11(8)7-6-13-5-4-9(7)14-10/h1-3,6,9,13-14H,4-5H2. The third-order valence-electron chi connectivity index (χ3n) is 2.84. The molecule has 1 aromatic carbocycles. The molecule has 2 N–H and O–H groups in total. The largest absolute Gasteiger partial charge is 0.390 e. The van der Waals surface area contributed by atoms with Crippen molar-refractivity contribution in [2.24, 2.45) is 0 Å². The van der Waals surface area contributed by atoms with Gasteiger partial charge in [0.15, 0.2) is 0 Å². The molecule has 2 nitrogen and oxygen atoms in total. The molecular formula is C11H11FN2. The summed E-state index contributed by atoms with van der Waals surface area (Å²) >= 11 is 0. The Kier molecular flexibility index (Phi) is 1.54. The van der Waals surface area contributed by atoms with Gasteiger partial charge in [-0.3, -0.25) is 0 Å². The lowest BCUT2D eigenvalue weighted by Crippen LogP contribution is -2.26. The van der Waals surface area contributed by atoms with Crippen molar-refractivity contribution in [2.45, 2.75) is 12.5 Å². The van der Waals surface area contributed by atoms with Crippen LogP contribution in [0.1, 0.15) is 12.0 Å². The van der Waals surface area contributed by atoms with Gasteiger partial charge in [0.1, 0.15) is 5.82 Å². The molecule has 0 aromatic heterocycles. The molecule has 0 fully saturated rings. The van der Waals surface area contributed by atoms with Gasteiger partial charge in [0.2, 0.25) is 0 Å². The normalized spacial score (nSPS) is 22.9. The third kappa shape index (κ3) is 0.953. The Balaban J connectivity index is 2.18. The van der Waals surface area contributed by atoms with E-state index in [1.807, 2.05) is 12.3 Å². The topological polar surface area (TPSA) is 24.1 Å². The quantitative estimate of drug-likeness (QED) is 0.653. The second kappa shape index (κ2) is 2.74. The van der Waals surface area contributed by atoms with Crippen molar-refractivity contribution in [2.75, 3.05) is 11.9 Å². The Morgan fingerprint density at radius 3 is 3.21 bits per heavy atom. The number of fused-ring (bicyclic) bond motifs is 3. The van der Waals surface area contributed by atoms with Crippen LogP contribution in [0.15, 0.2) is 24.4 Å². The Hall–Kier alpha value is -1.51. The van der Waals surface area contributed by atoms with Crippen molar-refractivity contribution in [1.82, 2.24) is 5.32 Å². The highest BCUT2D eigenvalue weighted by Crippen LogP contribution is 2.38. The summed E-state index contributed by atoms with van der Waals surface area (Å²) in [4.78, 5) is 0. The number of nitrogens with one attached hydrogen (secondary N) is 2. The van der Waals surface area contributed by atoms with E-state index in [4.69, 9.17) is 0 Å². The van der Waals surface area contributed by atoms with Crippen LogP contribution in [0.3, 0.4) is 0 Å². The van der Waals surface area contributed by atoms with E-state index in [9.17, 15) is 4.39 Å². The first-order valence-corrected chi connectivity index (χ1v) is 4.85. The summed E-state index contributed by atoms with van der Waals surface area (Å²) in [7, 11) is 0. The molecule has 2 aliphatic rings. The fourth-order valence-corrected chi connectivity index (χ4v) is 2.19. The zero-order valence-corrected chi connectivity index (χ0v) is 7.68. The molecule has 2 aliphatic heterocycles. The molecule has 14 heavy (non-hydrogen) atoms. The molecule has 0 aliphatic carbocycles. The first-order chi connectivity index (χ1) is 6.86. The maximum Gasteiger partial charge on any atom is 0.132 e. The van der Waals surface area contributed by atoms with Crippen LogP contribution < -0.4 is 10.6 Å². The van der Waals surface area contributed by atoms with E-state index in [1.165, 1.54) is 6.07 Å². The minimum absolute atomic E-state index is 0.132. The van der Waals surface area contributed by atoms with Crippen LogP contribution in [0.4, 0.5) is 10.1 Å². The van der Waals surface area contributed by atoms with Crippen LogP contribution in [-0.2, 0) is 0 Å². The zero-order valence-electron chi connectivity index (χ0n) is 7.68. The predicted molar refractivity (Wildman–Crippen MR) is 54.4 cm³/mol. The van der Waals surface area contributed by atoms with Crippen molar-refractivity contribution in [3.63, 3.8) is 0 Å². The lowest BCUT2D eigenvalue weighted by atomic mass is 9.99. The minimum Gasteiger partial charge on any atom is -0.390 e. The van der Waals surface area contributed by atoms with Gasteiger partial charge in [-0.2, -0.15) is 0 Å². The zero-order chi connectivity index (χ0) is 9.54. The van der Waals surface area contributed by atoms with Crippen LogP contribution in [0.2, 0.25) is 0 Å². The fourth-order valence-electron chi connectivity index (χ4n) is 2.19. The number of hydrogen-bond acceptors (Lipinski definition) is 2. The second-order valence-electron chi connectivity index (χ2n) is 3.70. The molecule has 0 amide bonds. The van der Waals surface area contributed by atoms with Crippen LogP contribution in [-0.4, -0.2) is 12.6 Å². The van der Waals surface area contributed by atoms with E-state index < -0.39 is 0 Å². The molecule has 0 bridgehead atoms. The fraction of sp³-hybridized carbons (Fsp3) is 0.273. The molecule has 0 saturated carbocycles. The molecule has 0 spiro atoms. The monoisotopic (exact) mass is 190 g/mol. The van der Waals surface area contributed by atoms with Crippen LogP contribution in [0.25, 0.3) is 5.57 Å². The van der Waals surface area contributed by atoms with Gasteiger partial charge in [0.05, 0.1) is 6.04 Å². The number of anilines is 1. The van der Waals surface area contributed by atoms with Gasteiger partial charge in [0, 0.05) is 29.6 Å². The summed E-state index contributed by atoms with van der Waals surface area (Å²) in [5.41, 5.74) is 2.72. The lowest BCUT2D eigenvalue weighted by Gasteiger charge is -2.18. The van der Waals surface area contributed by atoms with E-state index in [0.29, 0.717) is 6.04 Å². The van der Waals surface area contributed by atoms with Gasteiger partial charge in [-0.1, -0.05) is 6.07 Å². The minimum atomic E-state index is -0.132. The van der Waals surface area contributed by atoms with E-state index in [1.54, 1.807) is 6.07 Å². The first-order valence-electron chi connectivity index (χ1n) is 4.85.